The van der Waals surface area contributed by atoms with Crippen molar-refractivity contribution >= 4 is 11.6 Å². The Morgan fingerprint density at radius 3 is 2.53 bits per heavy atom. The van der Waals surface area contributed by atoms with Gasteiger partial charge in [-0.1, -0.05) is 18.2 Å². The number of aliphatic hydroxyl groups is 1. The van der Waals surface area contributed by atoms with Crippen LogP contribution in [0.2, 0.25) is 0 Å². The number of hydrogen-bond acceptors (Lipinski definition) is 3. The summed E-state index contributed by atoms with van der Waals surface area (Å²) >= 11 is 0. The predicted molar refractivity (Wildman–Crippen MR) is 69.1 cm³/mol. The molecule has 0 radical (unpaired) electrons. The number of carbonyl (C=O) groups excluding carboxylic acids is 1. The van der Waals surface area contributed by atoms with E-state index in [4.69, 9.17) is 5.11 Å². The van der Waals surface area contributed by atoms with Gasteiger partial charge in [-0.05, 0) is 31.4 Å². The number of benzene rings is 1. The molecule has 4 heteroatoms. The van der Waals surface area contributed by atoms with Crippen LogP contribution in [0.1, 0.15) is 17.5 Å². The summed E-state index contributed by atoms with van der Waals surface area (Å²) in [7, 11) is 0. The van der Waals surface area contributed by atoms with Crippen LogP contribution >= 0.6 is 0 Å². The second-order valence-electron chi connectivity index (χ2n) is 4.05. The van der Waals surface area contributed by atoms with E-state index in [9.17, 15) is 4.79 Å². The van der Waals surface area contributed by atoms with Crippen molar-refractivity contribution in [2.24, 2.45) is 0 Å². The molecular formula is C13H20N2O2. The highest BCUT2D eigenvalue weighted by Gasteiger charge is 2.04. The number of amides is 1. The van der Waals surface area contributed by atoms with E-state index in [1.54, 1.807) is 0 Å². The largest absolute Gasteiger partial charge is 0.396 e. The number of aryl methyl sites for hydroxylation is 2. The molecule has 0 unspecified atom stereocenters. The normalized spacial score (nSPS) is 10.1. The third-order valence-corrected chi connectivity index (χ3v) is 2.56. The van der Waals surface area contributed by atoms with Crippen molar-refractivity contribution in [3.8, 4) is 0 Å². The molecule has 1 aromatic carbocycles. The van der Waals surface area contributed by atoms with E-state index in [0.29, 0.717) is 13.0 Å². The molecule has 0 saturated carbocycles. The van der Waals surface area contributed by atoms with Crippen LogP contribution < -0.4 is 10.6 Å². The average molecular weight is 236 g/mol. The molecule has 0 atom stereocenters. The lowest BCUT2D eigenvalue weighted by molar-refractivity contribution is -0.119. The van der Waals surface area contributed by atoms with Crippen LogP contribution in [0, 0.1) is 13.8 Å². The quantitative estimate of drug-likeness (QED) is 0.651. The fourth-order valence-corrected chi connectivity index (χ4v) is 1.63. The Morgan fingerprint density at radius 2 is 1.94 bits per heavy atom. The minimum atomic E-state index is -0.0545. The van der Waals surface area contributed by atoms with Gasteiger partial charge >= 0.3 is 0 Å². The monoisotopic (exact) mass is 236 g/mol. The molecule has 3 N–H and O–H groups in total. The molecule has 0 heterocycles. The lowest BCUT2D eigenvalue weighted by Crippen LogP contribution is -2.31. The van der Waals surface area contributed by atoms with E-state index < -0.39 is 0 Å². The van der Waals surface area contributed by atoms with Crippen LogP contribution in [0.4, 0.5) is 5.69 Å². The number of nitrogens with one attached hydrogen (secondary N) is 2. The van der Waals surface area contributed by atoms with Crippen molar-refractivity contribution in [3.63, 3.8) is 0 Å². The first-order valence-corrected chi connectivity index (χ1v) is 5.83. The van der Waals surface area contributed by atoms with Crippen molar-refractivity contribution in [2.75, 3.05) is 25.0 Å². The zero-order valence-corrected chi connectivity index (χ0v) is 10.4. The number of aliphatic hydroxyl groups excluding tert-OH is 1. The highest BCUT2D eigenvalue weighted by molar-refractivity contribution is 5.81. The van der Waals surface area contributed by atoms with Crippen molar-refractivity contribution < 1.29 is 9.90 Å². The van der Waals surface area contributed by atoms with Crippen LogP contribution in [0.5, 0.6) is 0 Å². The van der Waals surface area contributed by atoms with Gasteiger partial charge in [0, 0.05) is 18.8 Å². The molecule has 94 valence electrons. The maximum atomic E-state index is 11.5. The lowest BCUT2D eigenvalue weighted by atomic mass is 10.1. The Hall–Kier alpha value is -1.55. The Labute approximate surface area is 102 Å². The van der Waals surface area contributed by atoms with Gasteiger partial charge in [-0.25, -0.2) is 0 Å². The van der Waals surface area contributed by atoms with Gasteiger partial charge in [0.1, 0.15) is 0 Å². The number of carbonyl (C=O) groups is 1. The van der Waals surface area contributed by atoms with E-state index in [1.807, 2.05) is 32.0 Å². The molecule has 17 heavy (non-hydrogen) atoms. The van der Waals surface area contributed by atoms with E-state index in [2.05, 4.69) is 10.6 Å². The zero-order valence-electron chi connectivity index (χ0n) is 10.4. The molecule has 0 saturated heterocycles. The second-order valence-corrected chi connectivity index (χ2v) is 4.05. The van der Waals surface area contributed by atoms with Crippen LogP contribution in [0.25, 0.3) is 0 Å². The Kier molecular flexibility index (Phi) is 5.49. The average Bonchev–Trinajstić information content (AvgIpc) is 2.29. The molecule has 1 rings (SSSR count). The summed E-state index contributed by atoms with van der Waals surface area (Å²) in [6.07, 6.45) is 0.592. The van der Waals surface area contributed by atoms with Crippen molar-refractivity contribution in [1.82, 2.24) is 5.32 Å². The Morgan fingerprint density at radius 1 is 1.29 bits per heavy atom. The summed E-state index contributed by atoms with van der Waals surface area (Å²) in [5, 5.41) is 14.5. The van der Waals surface area contributed by atoms with Gasteiger partial charge in [-0.15, -0.1) is 0 Å². The fraction of sp³-hybridized carbons (Fsp3) is 0.462. The summed E-state index contributed by atoms with van der Waals surface area (Å²) in [6, 6.07) is 6.02. The molecule has 0 spiro atoms. The molecule has 0 fully saturated rings. The highest BCUT2D eigenvalue weighted by atomic mass is 16.3. The predicted octanol–water partition coefficient (Wildman–Crippen LogP) is 1.21. The molecule has 4 nitrogen and oxygen atoms in total. The summed E-state index contributed by atoms with van der Waals surface area (Å²) in [5.41, 5.74) is 3.28. The van der Waals surface area contributed by atoms with E-state index >= 15 is 0 Å². The smallest absolute Gasteiger partial charge is 0.239 e. The van der Waals surface area contributed by atoms with Crippen LogP contribution in [0.15, 0.2) is 18.2 Å². The lowest BCUT2D eigenvalue weighted by Gasteiger charge is -2.12. The minimum Gasteiger partial charge on any atom is -0.396 e. The van der Waals surface area contributed by atoms with Crippen molar-refractivity contribution in [3.05, 3.63) is 29.3 Å². The molecule has 1 aromatic rings. The fourth-order valence-electron chi connectivity index (χ4n) is 1.63. The third kappa shape index (κ3) is 4.44. The van der Waals surface area contributed by atoms with E-state index in [1.165, 1.54) is 0 Å². The Bertz CT molecular complexity index is 357. The topological polar surface area (TPSA) is 61.4 Å². The maximum Gasteiger partial charge on any atom is 0.239 e. The van der Waals surface area contributed by atoms with Gasteiger partial charge < -0.3 is 15.7 Å². The van der Waals surface area contributed by atoms with Gasteiger partial charge in [-0.2, -0.15) is 0 Å². The zero-order chi connectivity index (χ0) is 12.7. The molecule has 0 aliphatic rings. The van der Waals surface area contributed by atoms with Crippen molar-refractivity contribution in [1.29, 1.82) is 0 Å². The Balaban J connectivity index is 2.42. The number of anilines is 1. The third-order valence-electron chi connectivity index (χ3n) is 2.56. The summed E-state index contributed by atoms with van der Waals surface area (Å²) < 4.78 is 0. The van der Waals surface area contributed by atoms with Gasteiger partial charge in [0.15, 0.2) is 0 Å². The molecule has 1 amide bonds. The van der Waals surface area contributed by atoms with E-state index in [-0.39, 0.29) is 19.1 Å². The van der Waals surface area contributed by atoms with Gasteiger partial charge in [-0.3, -0.25) is 4.79 Å². The summed E-state index contributed by atoms with van der Waals surface area (Å²) in [6.45, 7) is 4.91. The number of rotatable bonds is 6. The molecule has 0 aliphatic carbocycles. The standard InChI is InChI=1S/C13H20N2O2/c1-10-5-3-6-11(2)13(10)15-9-12(17)14-7-4-8-16/h3,5-6,15-16H,4,7-9H2,1-2H3,(H,14,17). The maximum absolute atomic E-state index is 11.5. The van der Waals surface area contributed by atoms with Crippen LogP contribution in [-0.4, -0.2) is 30.7 Å². The first kappa shape index (κ1) is 13.5. The number of hydrogen-bond donors (Lipinski definition) is 3. The van der Waals surface area contributed by atoms with Crippen LogP contribution in [-0.2, 0) is 4.79 Å². The van der Waals surface area contributed by atoms with Gasteiger partial charge in [0.05, 0.1) is 6.54 Å². The van der Waals surface area contributed by atoms with Crippen molar-refractivity contribution in [2.45, 2.75) is 20.3 Å². The molecular weight excluding hydrogens is 216 g/mol. The molecule has 0 bridgehead atoms. The highest BCUT2D eigenvalue weighted by Crippen LogP contribution is 2.18. The van der Waals surface area contributed by atoms with Crippen LogP contribution in [0.3, 0.4) is 0 Å². The SMILES string of the molecule is Cc1cccc(C)c1NCC(=O)NCCCO. The first-order valence-electron chi connectivity index (χ1n) is 5.83. The minimum absolute atomic E-state index is 0.0545. The van der Waals surface area contributed by atoms with Gasteiger partial charge in [0.25, 0.3) is 0 Å². The summed E-state index contributed by atoms with van der Waals surface area (Å²) in [4.78, 5) is 11.5. The summed E-state index contributed by atoms with van der Waals surface area (Å²) in [5.74, 6) is -0.0545. The van der Waals surface area contributed by atoms with Gasteiger partial charge in [0.2, 0.25) is 5.91 Å². The first-order chi connectivity index (χ1) is 8.15. The second kappa shape index (κ2) is 6.91. The van der Waals surface area contributed by atoms with E-state index in [0.717, 1.165) is 16.8 Å². The molecule has 0 aromatic heterocycles. The number of para-hydroxylation sites is 1. The molecule has 0 aliphatic heterocycles.